The molecule has 4 heteroatoms. The Balaban J connectivity index is 2.23. The summed E-state index contributed by atoms with van der Waals surface area (Å²) in [7, 11) is 2.09. The Kier molecular flexibility index (Phi) is 5.07. The summed E-state index contributed by atoms with van der Waals surface area (Å²) in [6.45, 7) is 4.35. The third-order valence-corrected chi connectivity index (χ3v) is 3.26. The van der Waals surface area contributed by atoms with E-state index in [2.05, 4.69) is 23.9 Å². The number of aromatic nitrogens is 1. The summed E-state index contributed by atoms with van der Waals surface area (Å²) in [5.41, 5.74) is 3.06. The first kappa shape index (κ1) is 11.6. The number of hydrogen-bond donors (Lipinski definition) is 1. The summed E-state index contributed by atoms with van der Waals surface area (Å²) in [6, 6.07) is 0. The fourth-order valence-corrected chi connectivity index (χ4v) is 2.08. The molecule has 1 aromatic rings. The van der Waals surface area contributed by atoms with E-state index in [4.69, 9.17) is 5.11 Å². The van der Waals surface area contributed by atoms with Gasteiger partial charge in [-0.1, -0.05) is 0 Å². The van der Waals surface area contributed by atoms with Crippen LogP contribution in [0.3, 0.4) is 0 Å². The van der Waals surface area contributed by atoms with E-state index in [1.807, 2.05) is 5.51 Å². The van der Waals surface area contributed by atoms with E-state index in [0.29, 0.717) is 0 Å². The molecule has 0 radical (unpaired) electrons. The molecule has 0 aliphatic rings. The second-order valence-corrected chi connectivity index (χ2v) is 4.43. The molecule has 1 heterocycles. The van der Waals surface area contributed by atoms with Gasteiger partial charge in [0, 0.05) is 24.6 Å². The van der Waals surface area contributed by atoms with Crippen LogP contribution in [0.15, 0.2) is 5.51 Å². The Morgan fingerprint density at radius 2 is 2.29 bits per heavy atom. The molecule has 14 heavy (non-hydrogen) atoms. The summed E-state index contributed by atoms with van der Waals surface area (Å²) < 4.78 is 0. The van der Waals surface area contributed by atoms with Crippen molar-refractivity contribution in [2.24, 2.45) is 0 Å². The average Bonchev–Trinajstić information content (AvgIpc) is 2.58. The lowest BCUT2D eigenvalue weighted by Gasteiger charge is -2.14. The highest BCUT2D eigenvalue weighted by Gasteiger charge is 2.03. The predicted molar refractivity (Wildman–Crippen MR) is 59.8 cm³/mol. The number of thiazole rings is 1. The Labute approximate surface area is 89.4 Å². The van der Waals surface area contributed by atoms with Gasteiger partial charge in [-0.15, -0.1) is 11.3 Å². The molecule has 3 nitrogen and oxygen atoms in total. The fraction of sp³-hybridized carbons (Fsp3) is 0.700. The van der Waals surface area contributed by atoms with E-state index < -0.39 is 0 Å². The summed E-state index contributed by atoms with van der Waals surface area (Å²) >= 11 is 1.73. The van der Waals surface area contributed by atoms with Gasteiger partial charge in [-0.05, 0) is 26.8 Å². The van der Waals surface area contributed by atoms with Gasteiger partial charge < -0.3 is 10.0 Å². The van der Waals surface area contributed by atoms with E-state index >= 15 is 0 Å². The van der Waals surface area contributed by atoms with Crippen molar-refractivity contribution in [1.29, 1.82) is 0 Å². The number of nitrogens with zero attached hydrogens (tertiary/aromatic N) is 2. The maximum atomic E-state index is 8.68. The summed E-state index contributed by atoms with van der Waals surface area (Å²) in [5.74, 6) is 0. The van der Waals surface area contributed by atoms with E-state index in [1.54, 1.807) is 11.3 Å². The number of aliphatic hydroxyl groups is 1. The molecule has 0 saturated carbocycles. The molecular formula is C10H18N2OS. The SMILES string of the molecule is Cc1ncsc1CCN(C)CCCO. The zero-order chi connectivity index (χ0) is 10.4. The quantitative estimate of drug-likeness (QED) is 0.775. The van der Waals surface area contributed by atoms with Crippen LogP contribution in [0.2, 0.25) is 0 Å². The Hall–Kier alpha value is -0.450. The van der Waals surface area contributed by atoms with Crippen LogP contribution < -0.4 is 0 Å². The molecular weight excluding hydrogens is 196 g/mol. The first-order valence-corrected chi connectivity index (χ1v) is 5.80. The van der Waals surface area contributed by atoms with Gasteiger partial charge in [0.25, 0.3) is 0 Å². The molecule has 1 rings (SSSR count). The van der Waals surface area contributed by atoms with Crippen molar-refractivity contribution in [3.05, 3.63) is 16.1 Å². The third kappa shape index (κ3) is 3.74. The van der Waals surface area contributed by atoms with Crippen molar-refractivity contribution in [2.45, 2.75) is 19.8 Å². The van der Waals surface area contributed by atoms with Gasteiger partial charge in [0.2, 0.25) is 0 Å². The molecule has 1 aromatic heterocycles. The minimum atomic E-state index is 0.282. The van der Waals surface area contributed by atoms with E-state index in [0.717, 1.165) is 31.6 Å². The number of hydrogen-bond acceptors (Lipinski definition) is 4. The van der Waals surface area contributed by atoms with Crippen molar-refractivity contribution in [2.75, 3.05) is 26.7 Å². The highest BCUT2D eigenvalue weighted by molar-refractivity contribution is 7.09. The Bertz CT molecular complexity index is 262. The number of rotatable bonds is 6. The van der Waals surface area contributed by atoms with E-state index in [9.17, 15) is 0 Å². The van der Waals surface area contributed by atoms with Crippen LogP contribution >= 0.6 is 11.3 Å². The largest absolute Gasteiger partial charge is 0.396 e. The number of likely N-dealkylation sites (N-methyl/N-ethyl adjacent to an activating group) is 1. The van der Waals surface area contributed by atoms with Gasteiger partial charge in [-0.25, -0.2) is 4.98 Å². The fourth-order valence-electron chi connectivity index (χ4n) is 1.31. The lowest BCUT2D eigenvalue weighted by Crippen LogP contribution is -2.23. The van der Waals surface area contributed by atoms with Crippen LogP contribution in [-0.4, -0.2) is 41.7 Å². The zero-order valence-electron chi connectivity index (χ0n) is 8.86. The molecule has 0 aliphatic heterocycles. The van der Waals surface area contributed by atoms with Crippen LogP contribution in [0.1, 0.15) is 17.0 Å². The molecule has 0 spiro atoms. The van der Waals surface area contributed by atoms with Gasteiger partial charge in [-0.2, -0.15) is 0 Å². The highest BCUT2D eigenvalue weighted by atomic mass is 32.1. The average molecular weight is 214 g/mol. The molecule has 0 atom stereocenters. The van der Waals surface area contributed by atoms with Crippen LogP contribution in [0.25, 0.3) is 0 Å². The monoisotopic (exact) mass is 214 g/mol. The second kappa shape index (κ2) is 6.11. The molecule has 0 bridgehead atoms. The zero-order valence-corrected chi connectivity index (χ0v) is 9.68. The van der Waals surface area contributed by atoms with Gasteiger partial charge in [0.15, 0.2) is 0 Å². The van der Waals surface area contributed by atoms with Gasteiger partial charge in [-0.3, -0.25) is 0 Å². The summed E-state index contributed by atoms with van der Waals surface area (Å²) in [6.07, 6.45) is 1.93. The first-order valence-electron chi connectivity index (χ1n) is 4.92. The topological polar surface area (TPSA) is 36.4 Å². The van der Waals surface area contributed by atoms with E-state index in [-0.39, 0.29) is 6.61 Å². The number of aliphatic hydroxyl groups excluding tert-OH is 1. The molecule has 0 amide bonds. The maximum Gasteiger partial charge on any atom is 0.0797 e. The minimum absolute atomic E-state index is 0.282. The summed E-state index contributed by atoms with van der Waals surface area (Å²) in [4.78, 5) is 7.84. The van der Waals surface area contributed by atoms with Crippen LogP contribution in [0, 0.1) is 6.92 Å². The molecule has 1 N–H and O–H groups in total. The van der Waals surface area contributed by atoms with Crippen molar-refractivity contribution >= 4 is 11.3 Å². The standard InChI is InChI=1S/C10H18N2OS/c1-9-10(14-8-11-9)4-6-12(2)5-3-7-13/h8,13H,3-7H2,1-2H3. The molecule has 0 fully saturated rings. The minimum Gasteiger partial charge on any atom is -0.396 e. The van der Waals surface area contributed by atoms with Crippen molar-refractivity contribution in [3.63, 3.8) is 0 Å². The molecule has 0 aliphatic carbocycles. The van der Waals surface area contributed by atoms with Crippen molar-refractivity contribution < 1.29 is 5.11 Å². The number of aryl methyl sites for hydroxylation is 1. The predicted octanol–water partition coefficient (Wildman–Crippen LogP) is 1.31. The molecule has 0 unspecified atom stereocenters. The Morgan fingerprint density at radius 1 is 1.50 bits per heavy atom. The van der Waals surface area contributed by atoms with Gasteiger partial charge in [0.05, 0.1) is 11.2 Å². The lowest BCUT2D eigenvalue weighted by atomic mass is 10.3. The van der Waals surface area contributed by atoms with Gasteiger partial charge in [0.1, 0.15) is 0 Å². The van der Waals surface area contributed by atoms with Crippen LogP contribution in [0.5, 0.6) is 0 Å². The van der Waals surface area contributed by atoms with Crippen LogP contribution in [0.4, 0.5) is 0 Å². The smallest absolute Gasteiger partial charge is 0.0797 e. The second-order valence-electron chi connectivity index (χ2n) is 3.49. The highest BCUT2D eigenvalue weighted by Crippen LogP contribution is 2.12. The molecule has 80 valence electrons. The van der Waals surface area contributed by atoms with Crippen molar-refractivity contribution in [3.8, 4) is 0 Å². The normalized spacial score (nSPS) is 11.1. The summed E-state index contributed by atoms with van der Waals surface area (Å²) in [5, 5.41) is 8.68. The van der Waals surface area contributed by atoms with Gasteiger partial charge >= 0.3 is 0 Å². The Morgan fingerprint density at radius 3 is 2.86 bits per heavy atom. The third-order valence-electron chi connectivity index (χ3n) is 2.26. The first-order chi connectivity index (χ1) is 6.74. The lowest BCUT2D eigenvalue weighted by molar-refractivity contribution is 0.249. The van der Waals surface area contributed by atoms with Crippen molar-refractivity contribution in [1.82, 2.24) is 9.88 Å². The maximum absolute atomic E-state index is 8.68. The van der Waals surface area contributed by atoms with Crippen LogP contribution in [-0.2, 0) is 6.42 Å². The molecule has 0 aromatic carbocycles. The molecule has 0 saturated heterocycles. The van der Waals surface area contributed by atoms with E-state index in [1.165, 1.54) is 4.88 Å².